The molecule has 0 spiro atoms. The fourth-order valence-electron chi connectivity index (χ4n) is 5.01. The number of rotatable bonds is 6. The number of amides is 1. The van der Waals surface area contributed by atoms with Crippen LogP contribution in [0.2, 0.25) is 5.02 Å². The zero-order chi connectivity index (χ0) is 27.8. The maximum atomic E-state index is 15.0. The van der Waals surface area contributed by atoms with E-state index in [1.165, 1.54) is 6.07 Å². The number of carbonyl (C=O) groups excluding carboxylic acids is 1. The number of carbonyl (C=O) groups is 1. The van der Waals surface area contributed by atoms with Gasteiger partial charge in [0.15, 0.2) is 11.6 Å². The van der Waals surface area contributed by atoms with Crippen LogP contribution in [0.25, 0.3) is 22.3 Å². The van der Waals surface area contributed by atoms with Crippen molar-refractivity contribution in [2.75, 3.05) is 38.0 Å². The normalized spacial score (nSPS) is 14.4. The number of anilines is 2. The predicted octanol–water partition coefficient (Wildman–Crippen LogP) is 5.84. The van der Waals surface area contributed by atoms with Gasteiger partial charge in [-0.2, -0.15) is 0 Å². The number of imidazole rings is 1. The number of likely N-dealkylation sites (N-methyl/N-ethyl adjacent to an activating group) is 1. The van der Waals surface area contributed by atoms with Crippen LogP contribution < -0.4 is 5.32 Å². The van der Waals surface area contributed by atoms with E-state index in [0.29, 0.717) is 40.7 Å². The lowest BCUT2D eigenvalue weighted by Crippen LogP contribution is -2.48. The number of aryl methyl sites for hydroxylation is 1. The molecule has 4 aromatic rings. The SMILES string of the molecule is CCN1CCN(C(=O)c2ccc(Nc3ncc(F)c(-c4cc(F)c5nc(C)n(C(C)C)c5c4)n3)c(Cl)c2)CC1. The number of halogens is 3. The Morgan fingerprint density at radius 3 is 2.49 bits per heavy atom. The monoisotopic (exact) mass is 553 g/mol. The Bertz CT molecular complexity index is 1550. The number of piperazine rings is 1. The fourth-order valence-corrected chi connectivity index (χ4v) is 5.23. The highest BCUT2D eigenvalue weighted by molar-refractivity contribution is 6.33. The van der Waals surface area contributed by atoms with Gasteiger partial charge in [-0.3, -0.25) is 4.79 Å². The van der Waals surface area contributed by atoms with E-state index in [2.05, 4.69) is 32.1 Å². The quantitative estimate of drug-likeness (QED) is 0.323. The Labute approximate surface area is 230 Å². The van der Waals surface area contributed by atoms with Gasteiger partial charge in [-0.1, -0.05) is 18.5 Å². The summed E-state index contributed by atoms with van der Waals surface area (Å²) in [6, 6.07) is 7.90. The third-order valence-electron chi connectivity index (χ3n) is 7.03. The molecular weight excluding hydrogens is 524 g/mol. The summed E-state index contributed by atoms with van der Waals surface area (Å²) >= 11 is 6.50. The van der Waals surface area contributed by atoms with Crippen molar-refractivity contribution in [1.82, 2.24) is 29.3 Å². The lowest BCUT2D eigenvalue weighted by molar-refractivity contribution is 0.0643. The van der Waals surface area contributed by atoms with Gasteiger partial charge >= 0.3 is 0 Å². The lowest BCUT2D eigenvalue weighted by atomic mass is 10.1. The Morgan fingerprint density at radius 2 is 1.82 bits per heavy atom. The highest BCUT2D eigenvalue weighted by atomic mass is 35.5. The summed E-state index contributed by atoms with van der Waals surface area (Å²) in [5, 5.41) is 3.29. The van der Waals surface area contributed by atoms with Crippen LogP contribution in [0, 0.1) is 18.6 Å². The molecule has 0 aliphatic carbocycles. The van der Waals surface area contributed by atoms with Gasteiger partial charge in [0.05, 0.1) is 22.4 Å². The molecule has 1 aliphatic heterocycles. The molecule has 1 amide bonds. The lowest BCUT2D eigenvalue weighted by Gasteiger charge is -2.34. The average molecular weight is 554 g/mol. The van der Waals surface area contributed by atoms with E-state index in [1.54, 1.807) is 31.2 Å². The van der Waals surface area contributed by atoms with Crippen LogP contribution in [0.4, 0.5) is 20.4 Å². The zero-order valence-electron chi connectivity index (χ0n) is 22.3. The highest BCUT2D eigenvalue weighted by Gasteiger charge is 2.22. The molecule has 11 heteroatoms. The van der Waals surface area contributed by atoms with Gasteiger partial charge in [0.25, 0.3) is 5.91 Å². The van der Waals surface area contributed by atoms with E-state index in [4.69, 9.17) is 11.6 Å². The molecule has 1 aliphatic rings. The number of hydrogen-bond donors (Lipinski definition) is 1. The van der Waals surface area contributed by atoms with Crippen molar-refractivity contribution in [3.05, 3.63) is 64.6 Å². The first-order chi connectivity index (χ1) is 18.7. The van der Waals surface area contributed by atoms with E-state index in [1.807, 2.05) is 23.3 Å². The van der Waals surface area contributed by atoms with Crippen LogP contribution in [-0.4, -0.2) is 67.9 Å². The Hall–Kier alpha value is -3.63. The molecule has 5 rings (SSSR count). The van der Waals surface area contributed by atoms with Crippen LogP contribution in [0.1, 0.15) is 43.0 Å². The number of nitrogens with one attached hydrogen (secondary N) is 1. The summed E-state index contributed by atoms with van der Waals surface area (Å²) in [5.41, 5.74) is 1.93. The smallest absolute Gasteiger partial charge is 0.253 e. The van der Waals surface area contributed by atoms with E-state index in [0.717, 1.165) is 25.8 Å². The first-order valence-electron chi connectivity index (χ1n) is 13.0. The number of aromatic nitrogens is 4. The molecule has 1 N–H and O–H groups in total. The first-order valence-corrected chi connectivity index (χ1v) is 13.3. The molecule has 0 bridgehead atoms. The number of benzene rings is 2. The van der Waals surface area contributed by atoms with Crippen molar-refractivity contribution >= 4 is 40.2 Å². The topological polar surface area (TPSA) is 79.2 Å². The molecular formula is C28H30ClF2N7O. The van der Waals surface area contributed by atoms with Crippen molar-refractivity contribution in [3.8, 4) is 11.3 Å². The summed E-state index contributed by atoms with van der Waals surface area (Å²) in [5.74, 6) is -0.579. The van der Waals surface area contributed by atoms with E-state index in [-0.39, 0.29) is 34.7 Å². The molecule has 8 nitrogen and oxygen atoms in total. The first kappa shape index (κ1) is 27.0. The Balaban J connectivity index is 1.40. The van der Waals surface area contributed by atoms with Gasteiger partial charge in [-0.25, -0.2) is 23.7 Å². The Kier molecular flexibility index (Phi) is 7.51. The third kappa shape index (κ3) is 5.31. The average Bonchev–Trinajstić information content (AvgIpc) is 3.27. The van der Waals surface area contributed by atoms with Gasteiger partial charge in [0.1, 0.15) is 17.0 Å². The number of fused-ring (bicyclic) bond motifs is 1. The Morgan fingerprint density at radius 1 is 1.08 bits per heavy atom. The molecule has 2 aromatic heterocycles. The van der Waals surface area contributed by atoms with E-state index in [9.17, 15) is 13.6 Å². The molecule has 0 atom stereocenters. The van der Waals surface area contributed by atoms with Crippen molar-refractivity contribution in [1.29, 1.82) is 0 Å². The molecule has 0 radical (unpaired) electrons. The van der Waals surface area contributed by atoms with Crippen LogP contribution in [-0.2, 0) is 0 Å². The minimum atomic E-state index is -0.693. The van der Waals surface area contributed by atoms with Gasteiger partial charge in [-0.15, -0.1) is 0 Å². The van der Waals surface area contributed by atoms with Gasteiger partial charge in [0.2, 0.25) is 5.95 Å². The van der Waals surface area contributed by atoms with Gasteiger partial charge < -0.3 is 19.7 Å². The molecule has 0 unspecified atom stereocenters. The summed E-state index contributed by atoms with van der Waals surface area (Å²) < 4.78 is 31.7. The van der Waals surface area contributed by atoms with Crippen LogP contribution >= 0.6 is 11.6 Å². The van der Waals surface area contributed by atoms with Crippen LogP contribution in [0.3, 0.4) is 0 Å². The molecule has 39 heavy (non-hydrogen) atoms. The third-order valence-corrected chi connectivity index (χ3v) is 7.34. The largest absolute Gasteiger partial charge is 0.336 e. The molecule has 3 heterocycles. The predicted molar refractivity (Wildman–Crippen MR) is 149 cm³/mol. The second-order valence-corrected chi connectivity index (χ2v) is 10.3. The van der Waals surface area contributed by atoms with Crippen molar-refractivity contribution < 1.29 is 13.6 Å². The summed E-state index contributed by atoms with van der Waals surface area (Å²) in [6.45, 7) is 11.8. The van der Waals surface area contributed by atoms with E-state index >= 15 is 0 Å². The van der Waals surface area contributed by atoms with Crippen molar-refractivity contribution in [2.45, 2.75) is 33.7 Å². The molecule has 0 saturated carbocycles. The minimum absolute atomic E-state index is 0.0371. The molecule has 1 fully saturated rings. The standard InChI is InChI=1S/C28H30ClF2N7O/c1-5-36-8-10-37(11-9-36)27(39)18-6-7-23(20(29)12-18)34-28-32-15-22(31)25(35-28)19-13-21(30)26-24(14-19)38(16(2)3)17(4)33-26/h6-7,12-16H,5,8-11H2,1-4H3,(H,32,34,35). The molecule has 204 valence electrons. The summed E-state index contributed by atoms with van der Waals surface area (Å²) in [6.07, 6.45) is 1.03. The second-order valence-electron chi connectivity index (χ2n) is 9.88. The van der Waals surface area contributed by atoms with Gasteiger partial charge in [0, 0.05) is 43.3 Å². The fraction of sp³-hybridized carbons (Fsp3) is 0.357. The maximum Gasteiger partial charge on any atom is 0.253 e. The van der Waals surface area contributed by atoms with Crippen molar-refractivity contribution in [3.63, 3.8) is 0 Å². The molecule has 1 saturated heterocycles. The van der Waals surface area contributed by atoms with Gasteiger partial charge in [-0.05, 0) is 57.6 Å². The summed E-state index contributed by atoms with van der Waals surface area (Å²) in [7, 11) is 0. The van der Waals surface area contributed by atoms with Crippen molar-refractivity contribution in [2.24, 2.45) is 0 Å². The number of nitrogens with zero attached hydrogens (tertiary/aromatic N) is 6. The molecule has 2 aromatic carbocycles. The zero-order valence-corrected chi connectivity index (χ0v) is 23.1. The minimum Gasteiger partial charge on any atom is -0.336 e. The second kappa shape index (κ2) is 10.9. The highest BCUT2D eigenvalue weighted by Crippen LogP contribution is 2.31. The van der Waals surface area contributed by atoms with Crippen LogP contribution in [0.5, 0.6) is 0 Å². The maximum absolute atomic E-state index is 15.0. The summed E-state index contributed by atoms with van der Waals surface area (Å²) in [4.78, 5) is 29.8. The van der Waals surface area contributed by atoms with Crippen LogP contribution in [0.15, 0.2) is 36.5 Å². The van der Waals surface area contributed by atoms with E-state index < -0.39 is 11.6 Å². The number of hydrogen-bond acceptors (Lipinski definition) is 6.